The van der Waals surface area contributed by atoms with Crippen molar-refractivity contribution in [1.82, 2.24) is 14.5 Å². The molecule has 5 nitrogen and oxygen atoms in total. The average Bonchev–Trinajstić information content (AvgIpc) is 2.28. The van der Waals surface area contributed by atoms with Crippen molar-refractivity contribution in [2.45, 2.75) is 19.9 Å². The van der Waals surface area contributed by atoms with Crippen molar-refractivity contribution in [3.8, 4) is 0 Å². The zero-order chi connectivity index (χ0) is 11.5. The lowest BCUT2D eigenvalue weighted by atomic mass is 10.3. The third-order valence-corrected chi connectivity index (χ3v) is 2.38. The molecule has 5 heteroatoms. The van der Waals surface area contributed by atoms with E-state index >= 15 is 0 Å². The first-order valence-electron chi connectivity index (χ1n) is 5.16. The Kier molecular flexibility index (Phi) is 2.96. The Bertz CT molecular complexity index is 563. The van der Waals surface area contributed by atoms with Gasteiger partial charge in [0.1, 0.15) is 11.5 Å². The molecule has 0 radical (unpaired) electrons. The molecule has 0 aromatic carbocycles. The molecular formula is C11H13N3O2. The lowest BCUT2D eigenvalue weighted by molar-refractivity contribution is 0.280. The number of rotatable bonds is 3. The highest BCUT2D eigenvalue weighted by Crippen LogP contribution is 2.08. The number of hydrogen-bond acceptors (Lipinski definition) is 4. The van der Waals surface area contributed by atoms with Crippen LogP contribution in [0.1, 0.15) is 12.2 Å². The van der Waals surface area contributed by atoms with Crippen LogP contribution in [-0.2, 0) is 6.54 Å². The number of aromatic nitrogens is 3. The molecule has 0 amide bonds. The Labute approximate surface area is 92.4 Å². The fraction of sp³-hybridized carbons (Fsp3) is 0.364. The van der Waals surface area contributed by atoms with Gasteiger partial charge in [-0.3, -0.25) is 9.36 Å². The van der Waals surface area contributed by atoms with Gasteiger partial charge in [0.25, 0.3) is 5.56 Å². The molecule has 0 fully saturated rings. The molecule has 0 saturated carbocycles. The van der Waals surface area contributed by atoms with E-state index in [1.807, 2.05) is 0 Å². The van der Waals surface area contributed by atoms with Crippen LogP contribution in [0.4, 0.5) is 0 Å². The molecule has 2 aromatic heterocycles. The molecule has 2 heterocycles. The first-order chi connectivity index (χ1) is 7.72. The maximum absolute atomic E-state index is 11.7. The van der Waals surface area contributed by atoms with E-state index in [1.165, 1.54) is 6.07 Å². The number of aliphatic hydroxyl groups excluding tert-OH is 1. The maximum Gasteiger partial charge on any atom is 0.252 e. The van der Waals surface area contributed by atoms with Gasteiger partial charge in [-0.05, 0) is 19.4 Å². The maximum atomic E-state index is 11.7. The van der Waals surface area contributed by atoms with E-state index in [0.29, 0.717) is 24.4 Å². The van der Waals surface area contributed by atoms with E-state index < -0.39 is 0 Å². The summed E-state index contributed by atoms with van der Waals surface area (Å²) in [5.74, 6) is 0.635. The second-order valence-electron chi connectivity index (χ2n) is 3.60. The number of aliphatic hydroxyl groups is 1. The summed E-state index contributed by atoms with van der Waals surface area (Å²) in [4.78, 5) is 20.0. The Balaban J connectivity index is 2.63. The van der Waals surface area contributed by atoms with Gasteiger partial charge in [0.05, 0.1) is 0 Å². The zero-order valence-corrected chi connectivity index (χ0v) is 9.05. The van der Waals surface area contributed by atoms with Gasteiger partial charge in [0, 0.05) is 30.8 Å². The van der Waals surface area contributed by atoms with Crippen LogP contribution in [0.2, 0.25) is 0 Å². The van der Waals surface area contributed by atoms with Gasteiger partial charge in [0.15, 0.2) is 0 Å². The summed E-state index contributed by atoms with van der Waals surface area (Å²) in [7, 11) is 0. The lowest BCUT2D eigenvalue weighted by Crippen LogP contribution is -2.21. The van der Waals surface area contributed by atoms with Crippen molar-refractivity contribution in [2.75, 3.05) is 6.61 Å². The molecule has 84 valence electrons. The highest BCUT2D eigenvalue weighted by molar-refractivity contribution is 5.73. The SMILES string of the molecule is Cc1ncc2ccc(=O)n(CCCO)c2n1. The van der Waals surface area contributed by atoms with E-state index in [0.717, 1.165) is 5.39 Å². The lowest BCUT2D eigenvalue weighted by Gasteiger charge is -2.08. The Morgan fingerprint density at radius 1 is 1.44 bits per heavy atom. The van der Waals surface area contributed by atoms with E-state index in [-0.39, 0.29) is 12.2 Å². The zero-order valence-electron chi connectivity index (χ0n) is 9.05. The second kappa shape index (κ2) is 4.40. The molecule has 2 aromatic rings. The van der Waals surface area contributed by atoms with Crippen LogP contribution in [0.3, 0.4) is 0 Å². The molecule has 0 bridgehead atoms. The topological polar surface area (TPSA) is 68.0 Å². The third kappa shape index (κ3) is 1.94. The van der Waals surface area contributed by atoms with Crippen molar-refractivity contribution < 1.29 is 5.11 Å². The second-order valence-corrected chi connectivity index (χ2v) is 3.60. The summed E-state index contributed by atoms with van der Waals surface area (Å²) >= 11 is 0. The molecule has 1 N–H and O–H groups in total. The number of pyridine rings is 1. The fourth-order valence-corrected chi connectivity index (χ4v) is 1.60. The highest BCUT2D eigenvalue weighted by atomic mass is 16.3. The summed E-state index contributed by atoms with van der Waals surface area (Å²) in [5.41, 5.74) is 0.535. The molecule has 2 rings (SSSR count). The van der Waals surface area contributed by atoms with E-state index in [4.69, 9.17) is 5.11 Å². The van der Waals surface area contributed by atoms with Gasteiger partial charge in [-0.1, -0.05) is 0 Å². The van der Waals surface area contributed by atoms with Crippen LogP contribution in [0, 0.1) is 6.92 Å². The summed E-state index contributed by atoms with van der Waals surface area (Å²) in [5, 5.41) is 9.63. The summed E-state index contributed by atoms with van der Waals surface area (Å²) in [6, 6.07) is 3.21. The van der Waals surface area contributed by atoms with Crippen LogP contribution in [-0.4, -0.2) is 26.2 Å². The smallest absolute Gasteiger partial charge is 0.252 e. The molecule has 16 heavy (non-hydrogen) atoms. The van der Waals surface area contributed by atoms with Crippen LogP contribution in [0.15, 0.2) is 23.1 Å². The third-order valence-electron chi connectivity index (χ3n) is 2.38. The van der Waals surface area contributed by atoms with Crippen LogP contribution >= 0.6 is 0 Å². The Hall–Kier alpha value is -1.75. The van der Waals surface area contributed by atoms with Crippen molar-refractivity contribution in [3.05, 3.63) is 34.5 Å². The Morgan fingerprint density at radius 2 is 2.25 bits per heavy atom. The first-order valence-corrected chi connectivity index (χ1v) is 5.16. The quantitative estimate of drug-likeness (QED) is 0.815. The summed E-state index contributed by atoms with van der Waals surface area (Å²) in [6.45, 7) is 2.32. The van der Waals surface area contributed by atoms with Crippen molar-refractivity contribution in [2.24, 2.45) is 0 Å². The van der Waals surface area contributed by atoms with E-state index in [1.54, 1.807) is 23.8 Å². The molecule has 0 spiro atoms. The molecule has 0 aliphatic rings. The van der Waals surface area contributed by atoms with Crippen LogP contribution in [0.5, 0.6) is 0 Å². The average molecular weight is 219 g/mol. The normalized spacial score (nSPS) is 10.9. The van der Waals surface area contributed by atoms with E-state index in [9.17, 15) is 4.79 Å². The van der Waals surface area contributed by atoms with Gasteiger partial charge < -0.3 is 5.11 Å². The number of nitrogens with zero attached hydrogens (tertiary/aromatic N) is 3. The monoisotopic (exact) mass is 219 g/mol. The number of hydrogen-bond donors (Lipinski definition) is 1. The van der Waals surface area contributed by atoms with Gasteiger partial charge in [-0.15, -0.1) is 0 Å². The summed E-state index contributed by atoms with van der Waals surface area (Å²) in [6.07, 6.45) is 2.24. The van der Waals surface area contributed by atoms with Crippen molar-refractivity contribution in [1.29, 1.82) is 0 Å². The van der Waals surface area contributed by atoms with Crippen molar-refractivity contribution >= 4 is 11.0 Å². The fourth-order valence-electron chi connectivity index (χ4n) is 1.60. The van der Waals surface area contributed by atoms with Crippen LogP contribution in [0.25, 0.3) is 11.0 Å². The minimum Gasteiger partial charge on any atom is -0.396 e. The predicted octanol–water partition coefficient (Wildman–Crippen LogP) is 0.482. The van der Waals surface area contributed by atoms with Gasteiger partial charge >= 0.3 is 0 Å². The minimum atomic E-state index is -0.0981. The minimum absolute atomic E-state index is 0.0624. The first kappa shape index (κ1) is 10.8. The number of aryl methyl sites for hydroxylation is 2. The molecule has 0 aliphatic heterocycles. The van der Waals surface area contributed by atoms with Gasteiger partial charge in [0.2, 0.25) is 0 Å². The molecule has 0 aliphatic carbocycles. The largest absolute Gasteiger partial charge is 0.396 e. The highest BCUT2D eigenvalue weighted by Gasteiger charge is 2.04. The van der Waals surface area contributed by atoms with Crippen molar-refractivity contribution in [3.63, 3.8) is 0 Å². The van der Waals surface area contributed by atoms with Gasteiger partial charge in [-0.25, -0.2) is 9.97 Å². The Morgan fingerprint density at radius 3 is 3.00 bits per heavy atom. The van der Waals surface area contributed by atoms with Gasteiger partial charge in [-0.2, -0.15) is 0 Å². The predicted molar refractivity (Wildman–Crippen MR) is 60.2 cm³/mol. The standard InChI is InChI=1S/C11H13N3O2/c1-8-12-7-9-3-4-10(16)14(5-2-6-15)11(9)13-8/h3-4,7,15H,2,5-6H2,1H3. The molecular weight excluding hydrogens is 206 g/mol. The molecule has 0 atom stereocenters. The molecule has 0 saturated heterocycles. The molecule has 0 unspecified atom stereocenters. The summed E-state index contributed by atoms with van der Waals surface area (Å²) < 4.78 is 1.57. The van der Waals surface area contributed by atoms with Crippen LogP contribution < -0.4 is 5.56 Å². The van der Waals surface area contributed by atoms with E-state index in [2.05, 4.69) is 9.97 Å². The number of fused-ring (bicyclic) bond motifs is 1.